The molecule has 0 fully saturated rings. The summed E-state index contributed by atoms with van der Waals surface area (Å²) in [5.74, 6) is -0.727. The van der Waals surface area contributed by atoms with E-state index in [2.05, 4.69) is 26.5 Å². The molecule has 0 aliphatic rings. The lowest BCUT2D eigenvalue weighted by Gasteiger charge is -2.00. The maximum atomic E-state index is 13.0. The minimum absolute atomic E-state index is 0.336. The van der Waals surface area contributed by atoms with Crippen molar-refractivity contribution in [3.63, 3.8) is 0 Å². The first kappa shape index (κ1) is 14.7. The zero-order valence-corrected chi connectivity index (χ0v) is 12.5. The minimum atomic E-state index is -0.370. The molecule has 0 spiro atoms. The number of carbonyl (C=O) groups is 1. The monoisotopic (exact) mass is 354 g/mol. The van der Waals surface area contributed by atoms with Crippen molar-refractivity contribution in [1.82, 2.24) is 5.43 Å². The van der Waals surface area contributed by atoms with Gasteiger partial charge in [0.1, 0.15) is 5.82 Å². The quantitative estimate of drug-likeness (QED) is 0.656. The van der Waals surface area contributed by atoms with Crippen molar-refractivity contribution in [2.75, 3.05) is 0 Å². The number of carbonyl (C=O) groups excluding carboxylic acids is 1. The van der Waals surface area contributed by atoms with Crippen LogP contribution in [0.2, 0.25) is 5.02 Å². The number of halogens is 3. The summed E-state index contributed by atoms with van der Waals surface area (Å²) in [5, 5.41) is 4.28. The van der Waals surface area contributed by atoms with Crippen LogP contribution in [0, 0.1) is 5.82 Å². The fraction of sp³-hybridized carbons (Fsp3) is 0. The average molecular weight is 356 g/mol. The molecule has 1 amide bonds. The molecule has 1 N–H and O–H groups in total. The molecule has 20 heavy (non-hydrogen) atoms. The molecule has 0 aromatic heterocycles. The van der Waals surface area contributed by atoms with Gasteiger partial charge >= 0.3 is 0 Å². The van der Waals surface area contributed by atoms with Gasteiger partial charge < -0.3 is 0 Å². The van der Waals surface area contributed by atoms with E-state index >= 15 is 0 Å². The van der Waals surface area contributed by atoms with Gasteiger partial charge in [0, 0.05) is 10.6 Å². The van der Waals surface area contributed by atoms with E-state index in [9.17, 15) is 9.18 Å². The Morgan fingerprint density at radius 1 is 1.30 bits per heavy atom. The van der Waals surface area contributed by atoms with Gasteiger partial charge in [0.25, 0.3) is 5.91 Å². The Labute approximate surface area is 128 Å². The second-order valence-electron chi connectivity index (χ2n) is 3.88. The molecule has 0 bridgehead atoms. The molecule has 0 aliphatic carbocycles. The molecule has 0 aliphatic heterocycles. The third-order valence-electron chi connectivity index (χ3n) is 2.41. The highest BCUT2D eigenvalue weighted by Gasteiger charge is 2.04. The molecule has 0 saturated heterocycles. The number of nitrogens with zero attached hydrogens (tertiary/aromatic N) is 1. The first-order chi connectivity index (χ1) is 9.56. The van der Waals surface area contributed by atoms with Gasteiger partial charge in [0.2, 0.25) is 0 Å². The molecule has 0 unspecified atom stereocenters. The summed E-state index contributed by atoms with van der Waals surface area (Å²) in [4.78, 5) is 11.8. The van der Waals surface area contributed by atoms with E-state index < -0.39 is 0 Å². The van der Waals surface area contributed by atoms with E-state index in [0.717, 1.165) is 0 Å². The summed E-state index contributed by atoms with van der Waals surface area (Å²) in [6.07, 6.45) is 1.42. The van der Waals surface area contributed by atoms with Crippen LogP contribution in [0.5, 0.6) is 0 Å². The lowest BCUT2D eigenvalue weighted by molar-refractivity contribution is 0.0955. The van der Waals surface area contributed by atoms with Crippen LogP contribution in [0.25, 0.3) is 0 Å². The molecule has 2 aromatic rings. The van der Waals surface area contributed by atoms with Crippen molar-refractivity contribution in [1.29, 1.82) is 0 Å². The molecule has 2 rings (SSSR count). The summed E-state index contributed by atoms with van der Waals surface area (Å²) in [7, 11) is 0. The summed E-state index contributed by atoms with van der Waals surface area (Å²) < 4.78 is 13.4. The number of rotatable bonds is 3. The van der Waals surface area contributed by atoms with Gasteiger partial charge in [-0.1, -0.05) is 23.7 Å². The predicted octanol–water partition coefficient (Wildman–Crippen LogP) is 4.01. The number of amides is 1. The summed E-state index contributed by atoms with van der Waals surface area (Å²) >= 11 is 8.86. The number of hydrogen-bond donors (Lipinski definition) is 1. The summed E-state index contributed by atoms with van der Waals surface area (Å²) in [6.45, 7) is 0. The first-order valence-corrected chi connectivity index (χ1v) is 6.77. The van der Waals surface area contributed by atoms with Gasteiger partial charge in [-0.15, -0.1) is 0 Å². The third-order valence-corrected chi connectivity index (χ3v) is 3.25. The SMILES string of the molecule is O=C(N/N=C/c1ccc(F)c(Br)c1)c1cccc(Cl)c1. The van der Waals surface area contributed by atoms with E-state index in [1.165, 1.54) is 12.3 Å². The smallest absolute Gasteiger partial charge is 0.267 e. The van der Waals surface area contributed by atoms with E-state index in [1.54, 1.807) is 36.4 Å². The second kappa shape index (κ2) is 6.63. The maximum Gasteiger partial charge on any atom is 0.271 e. The van der Waals surface area contributed by atoms with Crippen LogP contribution in [-0.4, -0.2) is 12.1 Å². The normalized spacial score (nSPS) is 10.8. The minimum Gasteiger partial charge on any atom is -0.267 e. The fourth-order valence-corrected chi connectivity index (χ4v) is 2.04. The number of hydrazone groups is 1. The number of hydrogen-bond acceptors (Lipinski definition) is 2. The first-order valence-electron chi connectivity index (χ1n) is 5.60. The highest BCUT2D eigenvalue weighted by molar-refractivity contribution is 9.10. The third kappa shape index (κ3) is 3.88. The number of nitrogens with one attached hydrogen (secondary N) is 1. The van der Waals surface area contributed by atoms with Crippen molar-refractivity contribution < 1.29 is 9.18 Å². The van der Waals surface area contributed by atoms with Crippen molar-refractivity contribution in [3.05, 3.63) is 68.9 Å². The zero-order valence-electron chi connectivity index (χ0n) is 10.1. The molecular formula is C14H9BrClFN2O. The molecule has 0 saturated carbocycles. The Kier molecular flexibility index (Phi) is 4.87. The molecule has 2 aromatic carbocycles. The predicted molar refractivity (Wildman–Crippen MR) is 80.6 cm³/mol. The lowest BCUT2D eigenvalue weighted by Crippen LogP contribution is -2.17. The topological polar surface area (TPSA) is 41.5 Å². The Balaban J connectivity index is 2.02. The van der Waals surface area contributed by atoms with Crippen LogP contribution in [0.3, 0.4) is 0 Å². The Morgan fingerprint density at radius 3 is 2.80 bits per heavy atom. The maximum absolute atomic E-state index is 13.0. The van der Waals surface area contributed by atoms with Crippen LogP contribution < -0.4 is 5.43 Å². The highest BCUT2D eigenvalue weighted by Crippen LogP contribution is 2.15. The van der Waals surface area contributed by atoms with Crippen LogP contribution in [-0.2, 0) is 0 Å². The summed E-state index contributed by atoms with van der Waals surface area (Å²) in [5.41, 5.74) is 3.44. The van der Waals surface area contributed by atoms with Gasteiger partial charge in [-0.05, 0) is 51.8 Å². The Hall–Kier alpha value is -1.72. The fourth-order valence-electron chi connectivity index (χ4n) is 1.45. The lowest BCUT2D eigenvalue weighted by atomic mass is 10.2. The molecule has 3 nitrogen and oxygen atoms in total. The molecule has 0 atom stereocenters. The van der Waals surface area contributed by atoms with Crippen molar-refractivity contribution >= 4 is 39.7 Å². The standard InChI is InChI=1S/C14H9BrClFN2O/c15-12-6-9(4-5-13(12)17)8-18-19-14(20)10-2-1-3-11(16)7-10/h1-8H,(H,19,20)/b18-8+. The Morgan fingerprint density at radius 2 is 2.10 bits per heavy atom. The van der Waals surface area contributed by atoms with Crippen molar-refractivity contribution in [2.45, 2.75) is 0 Å². The van der Waals surface area contributed by atoms with E-state index in [0.29, 0.717) is 20.6 Å². The van der Waals surface area contributed by atoms with Gasteiger partial charge in [-0.3, -0.25) is 4.79 Å². The molecule has 6 heteroatoms. The molecule has 0 radical (unpaired) electrons. The van der Waals surface area contributed by atoms with Crippen LogP contribution in [0.1, 0.15) is 15.9 Å². The van der Waals surface area contributed by atoms with Crippen molar-refractivity contribution in [2.24, 2.45) is 5.10 Å². The van der Waals surface area contributed by atoms with Crippen LogP contribution >= 0.6 is 27.5 Å². The molecule has 0 heterocycles. The second-order valence-corrected chi connectivity index (χ2v) is 5.17. The van der Waals surface area contributed by atoms with E-state index in [1.807, 2.05) is 0 Å². The Bertz CT molecular complexity index is 676. The van der Waals surface area contributed by atoms with Crippen LogP contribution in [0.15, 0.2) is 52.0 Å². The molecule has 102 valence electrons. The van der Waals surface area contributed by atoms with Gasteiger partial charge in [0.15, 0.2) is 0 Å². The van der Waals surface area contributed by atoms with Gasteiger partial charge in [0.05, 0.1) is 10.7 Å². The average Bonchev–Trinajstić information content (AvgIpc) is 2.42. The highest BCUT2D eigenvalue weighted by atomic mass is 79.9. The van der Waals surface area contributed by atoms with Crippen LogP contribution in [0.4, 0.5) is 4.39 Å². The van der Waals surface area contributed by atoms with Gasteiger partial charge in [-0.2, -0.15) is 5.10 Å². The number of benzene rings is 2. The van der Waals surface area contributed by atoms with E-state index in [-0.39, 0.29) is 11.7 Å². The van der Waals surface area contributed by atoms with E-state index in [4.69, 9.17) is 11.6 Å². The van der Waals surface area contributed by atoms with Gasteiger partial charge in [-0.25, -0.2) is 9.82 Å². The molecular weight excluding hydrogens is 347 g/mol. The zero-order chi connectivity index (χ0) is 14.5. The summed E-state index contributed by atoms with van der Waals surface area (Å²) in [6, 6.07) is 10.9. The van der Waals surface area contributed by atoms with Crippen molar-refractivity contribution in [3.8, 4) is 0 Å². The largest absolute Gasteiger partial charge is 0.271 e.